The number of nitrogens with one attached hydrogen (secondary N) is 1. The largest absolute Gasteiger partial charge is 0.482 e. The highest BCUT2D eigenvalue weighted by molar-refractivity contribution is 6.32. The van der Waals surface area contributed by atoms with Crippen LogP contribution in [0, 0.1) is 11.3 Å². The van der Waals surface area contributed by atoms with Crippen molar-refractivity contribution in [3.63, 3.8) is 0 Å². The van der Waals surface area contributed by atoms with Gasteiger partial charge in [0, 0.05) is 17.7 Å². The number of halogens is 1. The zero-order valence-electron chi connectivity index (χ0n) is 15.0. The van der Waals surface area contributed by atoms with Gasteiger partial charge in [0.2, 0.25) is 0 Å². The normalized spacial score (nSPS) is 9.89. The summed E-state index contributed by atoms with van der Waals surface area (Å²) >= 11 is 5.88. The molecule has 0 aliphatic rings. The van der Waals surface area contributed by atoms with Gasteiger partial charge in [-0.2, -0.15) is 5.26 Å². The third-order valence-electron chi connectivity index (χ3n) is 3.59. The Morgan fingerprint density at radius 2 is 1.82 bits per heavy atom. The number of rotatable bonds is 8. The van der Waals surface area contributed by atoms with E-state index >= 15 is 0 Å². The zero-order valence-corrected chi connectivity index (χ0v) is 15.8. The maximum atomic E-state index is 11.8. The van der Waals surface area contributed by atoms with Crippen molar-refractivity contribution in [2.75, 3.05) is 18.5 Å². The predicted octanol–water partition coefficient (Wildman–Crippen LogP) is 3.37. The second-order valence-corrected chi connectivity index (χ2v) is 6.01. The first-order valence-electron chi connectivity index (χ1n) is 8.34. The van der Waals surface area contributed by atoms with E-state index in [1.807, 2.05) is 6.07 Å². The van der Waals surface area contributed by atoms with E-state index in [-0.39, 0.29) is 23.0 Å². The van der Waals surface area contributed by atoms with Gasteiger partial charge in [-0.15, -0.1) is 0 Å². The molecule has 0 spiro atoms. The number of carbonyl (C=O) groups excluding carboxylic acids is 3. The van der Waals surface area contributed by atoms with Crippen LogP contribution < -0.4 is 10.1 Å². The fourth-order valence-corrected chi connectivity index (χ4v) is 2.37. The predicted molar refractivity (Wildman–Crippen MR) is 102 cm³/mol. The summed E-state index contributed by atoms with van der Waals surface area (Å²) in [6.07, 6.45) is 0.406. The van der Waals surface area contributed by atoms with Crippen LogP contribution in [0.15, 0.2) is 42.5 Å². The number of anilines is 1. The van der Waals surface area contributed by atoms with Gasteiger partial charge >= 0.3 is 5.97 Å². The van der Waals surface area contributed by atoms with Gasteiger partial charge in [-0.3, -0.25) is 9.59 Å². The number of ketones is 1. The standard InChI is InChI=1S/C20H17ClN2O5/c1-2-18(24)13-4-7-16(8-5-13)27-12-20(26)28-11-19(25)23-15-6-3-14(10-22)17(21)9-15/h3-9H,2,11-12H2,1H3,(H,23,25). The van der Waals surface area contributed by atoms with Crippen LogP contribution in [-0.4, -0.2) is 30.9 Å². The van der Waals surface area contributed by atoms with Gasteiger partial charge in [0.15, 0.2) is 19.0 Å². The molecule has 2 rings (SSSR count). The van der Waals surface area contributed by atoms with Crippen molar-refractivity contribution in [3.05, 3.63) is 58.6 Å². The monoisotopic (exact) mass is 400 g/mol. The van der Waals surface area contributed by atoms with Gasteiger partial charge in [0.1, 0.15) is 11.8 Å². The second-order valence-electron chi connectivity index (χ2n) is 5.61. The molecule has 0 aliphatic heterocycles. The van der Waals surface area contributed by atoms with Gasteiger partial charge in [-0.05, 0) is 42.5 Å². The van der Waals surface area contributed by atoms with E-state index in [0.29, 0.717) is 23.4 Å². The Kier molecular flexibility index (Phi) is 7.55. The average molecular weight is 401 g/mol. The van der Waals surface area contributed by atoms with E-state index in [2.05, 4.69) is 5.32 Å². The third-order valence-corrected chi connectivity index (χ3v) is 3.90. The molecule has 0 saturated carbocycles. The molecule has 1 amide bonds. The van der Waals surface area contributed by atoms with Gasteiger partial charge in [-0.25, -0.2) is 4.79 Å². The summed E-state index contributed by atoms with van der Waals surface area (Å²) in [4.78, 5) is 35.1. The first-order valence-corrected chi connectivity index (χ1v) is 8.72. The SMILES string of the molecule is CCC(=O)c1ccc(OCC(=O)OCC(=O)Nc2ccc(C#N)c(Cl)c2)cc1. The summed E-state index contributed by atoms with van der Waals surface area (Å²) in [5, 5.41) is 11.5. The molecule has 28 heavy (non-hydrogen) atoms. The highest BCUT2D eigenvalue weighted by Crippen LogP contribution is 2.20. The molecule has 2 aromatic carbocycles. The quantitative estimate of drug-likeness (QED) is 0.538. The molecule has 7 nitrogen and oxygen atoms in total. The van der Waals surface area contributed by atoms with Crippen LogP contribution in [0.3, 0.4) is 0 Å². The minimum Gasteiger partial charge on any atom is -0.482 e. The van der Waals surface area contributed by atoms with Crippen molar-refractivity contribution >= 4 is 34.9 Å². The van der Waals surface area contributed by atoms with Crippen LogP contribution in [-0.2, 0) is 14.3 Å². The first kappa shape index (κ1) is 20.9. The lowest BCUT2D eigenvalue weighted by molar-refractivity contribution is -0.149. The van der Waals surface area contributed by atoms with Crippen molar-refractivity contribution in [1.82, 2.24) is 0 Å². The molecule has 0 atom stereocenters. The number of nitrogens with zero attached hydrogens (tertiary/aromatic N) is 1. The Balaban J connectivity index is 1.76. The summed E-state index contributed by atoms with van der Waals surface area (Å²) in [5.74, 6) is -0.861. The number of ether oxygens (including phenoxy) is 2. The Morgan fingerprint density at radius 1 is 1.11 bits per heavy atom. The summed E-state index contributed by atoms with van der Waals surface area (Å²) in [6, 6.07) is 12.7. The molecule has 0 unspecified atom stereocenters. The average Bonchev–Trinajstić information content (AvgIpc) is 2.70. The molecule has 0 aromatic heterocycles. The van der Waals surface area contributed by atoms with Gasteiger partial charge in [0.25, 0.3) is 5.91 Å². The molecule has 2 aromatic rings. The van der Waals surface area contributed by atoms with Gasteiger partial charge in [0.05, 0.1) is 10.6 Å². The number of benzene rings is 2. The maximum Gasteiger partial charge on any atom is 0.344 e. The van der Waals surface area contributed by atoms with Crippen molar-refractivity contribution < 1.29 is 23.9 Å². The highest BCUT2D eigenvalue weighted by atomic mass is 35.5. The fraction of sp³-hybridized carbons (Fsp3) is 0.200. The van der Waals surface area contributed by atoms with E-state index in [4.69, 9.17) is 26.3 Å². The smallest absolute Gasteiger partial charge is 0.344 e. The topological polar surface area (TPSA) is 105 Å². The lowest BCUT2D eigenvalue weighted by atomic mass is 10.1. The molecule has 0 saturated heterocycles. The third kappa shape index (κ3) is 6.11. The molecule has 0 radical (unpaired) electrons. The first-order chi connectivity index (χ1) is 13.4. The number of nitriles is 1. The van der Waals surface area contributed by atoms with E-state index in [0.717, 1.165) is 0 Å². The summed E-state index contributed by atoms with van der Waals surface area (Å²) < 4.78 is 10.1. The number of carbonyl (C=O) groups is 3. The number of hydrogen-bond acceptors (Lipinski definition) is 6. The summed E-state index contributed by atoms with van der Waals surface area (Å²) in [6.45, 7) is 0.898. The summed E-state index contributed by atoms with van der Waals surface area (Å²) in [7, 11) is 0. The van der Waals surface area contributed by atoms with Crippen LogP contribution in [0.1, 0.15) is 29.3 Å². The second kappa shape index (κ2) is 10.1. The molecule has 0 heterocycles. The molecule has 1 N–H and O–H groups in total. The van der Waals surface area contributed by atoms with Crippen molar-refractivity contribution in [2.24, 2.45) is 0 Å². The van der Waals surface area contributed by atoms with Gasteiger partial charge in [-0.1, -0.05) is 18.5 Å². The lowest BCUT2D eigenvalue weighted by Crippen LogP contribution is -2.23. The van der Waals surface area contributed by atoms with E-state index in [1.54, 1.807) is 31.2 Å². The van der Waals surface area contributed by atoms with Crippen LogP contribution in [0.4, 0.5) is 5.69 Å². The number of amides is 1. The Hall–Kier alpha value is -3.37. The van der Waals surface area contributed by atoms with Crippen LogP contribution in [0.2, 0.25) is 5.02 Å². The molecular weight excluding hydrogens is 384 g/mol. The molecule has 8 heteroatoms. The van der Waals surface area contributed by atoms with Crippen LogP contribution in [0.5, 0.6) is 5.75 Å². The Bertz CT molecular complexity index is 919. The zero-order chi connectivity index (χ0) is 20.5. The number of esters is 1. The van der Waals surface area contributed by atoms with Crippen LogP contribution in [0.25, 0.3) is 0 Å². The lowest BCUT2D eigenvalue weighted by Gasteiger charge is -2.09. The molecule has 0 bridgehead atoms. The van der Waals surface area contributed by atoms with Gasteiger partial charge < -0.3 is 14.8 Å². The summed E-state index contributed by atoms with van der Waals surface area (Å²) in [5.41, 5.74) is 1.23. The molecular formula is C20H17ClN2O5. The fourth-order valence-electron chi connectivity index (χ4n) is 2.15. The highest BCUT2D eigenvalue weighted by Gasteiger charge is 2.10. The molecule has 144 valence electrons. The van der Waals surface area contributed by atoms with E-state index in [9.17, 15) is 14.4 Å². The Labute approximate surface area is 166 Å². The Morgan fingerprint density at radius 3 is 2.43 bits per heavy atom. The molecule has 0 aliphatic carbocycles. The maximum absolute atomic E-state index is 11.8. The minimum absolute atomic E-state index is 0.0144. The van der Waals surface area contributed by atoms with E-state index < -0.39 is 18.5 Å². The number of hydrogen-bond donors (Lipinski definition) is 1. The van der Waals surface area contributed by atoms with Crippen LogP contribution >= 0.6 is 11.6 Å². The molecule has 0 fully saturated rings. The van der Waals surface area contributed by atoms with E-state index in [1.165, 1.54) is 18.2 Å². The van der Waals surface area contributed by atoms with Crippen molar-refractivity contribution in [3.8, 4) is 11.8 Å². The minimum atomic E-state index is -0.721. The number of Topliss-reactive ketones (excluding diaryl/α,β-unsaturated/α-hetero) is 1. The van der Waals surface area contributed by atoms with Crippen molar-refractivity contribution in [2.45, 2.75) is 13.3 Å². The van der Waals surface area contributed by atoms with Crippen molar-refractivity contribution in [1.29, 1.82) is 5.26 Å².